The molecule has 1 aliphatic heterocycles. The summed E-state index contributed by atoms with van der Waals surface area (Å²) in [5, 5.41) is 21.9. The topological polar surface area (TPSA) is 88.0 Å². The molecule has 0 bridgehead atoms. The molecule has 1 aromatic rings. The number of benzene rings is 1. The van der Waals surface area contributed by atoms with Crippen molar-refractivity contribution in [1.82, 2.24) is 5.32 Å². The van der Waals surface area contributed by atoms with E-state index in [9.17, 15) is 9.90 Å². The minimum absolute atomic E-state index is 0.161. The lowest BCUT2D eigenvalue weighted by molar-refractivity contribution is -0.138. The summed E-state index contributed by atoms with van der Waals surface area (Å²) in [5.74, 6) is 0.277. The van der Waals surface area contributed by atoms with E-state index in [-0.39, 0.29) is 6.42 Å². The Morgan fingerprint density at radius 2 is 2.05 bits per heavy atom. The van der Waals surface area contributed by atoms with Crippen LogP contribution in [-0.2, 0) is 4.79 Å². The minimum atomic E-state index is -0.960. The van der Waals surface area contributed by atoms with E-state index in [4.69, 9.17) is 14.6 Å². The number of rotatable bonds is 5. The van der Waals surface area contributed by atoms with E-state index in [1.807, 2.05) is 0 Å². The molecule has 6 nitrogen and oxygen atoms in total. The summed E-state index contributed by atoms with van der Waals surface area (Å²) in [5.41, 5.74) is 0.606. The highest BCUT2D eigenvalue weighted by Gasteiger charge is 2.23. The van der Waals surface area contributed by atoms with Crippen LogP contribution >= 0.6 is 0 Å². The van der Waals surface area contributed by atoms with Gasteiger partial charge >= 0.3 is 5.97 Å². The molecule has 110 valence electrons. The summed E-state index contributed by atoms with van der Waals surface area (Å²) in [7, 11) is 1.62. The zero-order chi connectivity index (χ0) is 14.5. The first-order chi connectivity index (χ1) is 9.61. The first-order valence-electron chi connectivity index (χ1n) is 6.58. The average Bonchev–Trinajstić information content (AvgIpc) is 2.68. The largest absolute Gasteiger partial charge is 0.490 e. The second-order valence-corrected chi connectivity index (χ2v) is 4.69. The van der Waals surface area contributed by atoms with Gasteiger partial charge in [-0.15, -0.1) is 0 Å². The third-order valence-corrected chi connectivity index (χ3v) is 3.26. The van der Waals surface area contributed by atoms with Crippen molar-refractivity contribution >= 4 is 5.97 Å². The highest BCUT2D eigenvalue weighted by Crippen LogP contribution is 2.33. The molecule has 1 aliphatic rings. The Balaban J connectivity index is 2.19. The Bertz CT molecular complexity index is 477. The summed E-state index contributed by atoms with van der Waals surface area (Å²) >= 11 is 0. The van der Waals surface area contributed by atoms with Crippen LogP contribution in [0.5, 0.6) is 11.5 Å². The van der Waals surface area contributed by atoms with Crippen molar-refractivity contribution in [1.29, 1.82) is 0 Å². The second kappa shape index (κ2) is 6.58. The Labute approximate surface area is 117 Å². The fourth-order valence-corrected chi connectivity index (χ4v) is 2.16. The molecule has 0 spiro atoms. The van der Waals surface area contributed by atoms with E-state index in [2.05, 4.69) is 5.32 Å². The van der Waals surface area contributed by atoms with Crippen LogP contribution in [0.4, 0.5) is 0 Å². The standard InChI is InChI=1S/C14H19NO5/c1-15-10(8-13(16)17)14(18)9-3-4-11-12(7-9)20-6-2-5-19-11/h3-4,7,10,14-15,18H,2,5-6,8H2,1H3,(H,16,17). The van der Waals surface area contributed by atoms with Crippen LogP contribution < -0.4 is 14.8 Å². The van der Waals surface area contributed by atoms with Crippen LogP contribution in [0.15, 0.2) is 18.2 Å². The van der Waals surface area contributed by atoms with Gasteiger partial charge in [0.1, 0.15) is 0 Å². The van der Waals surface area contributed by atoms with Gasteiger partial charge in [-0.25, -0.2) is 0 Å². The van der Waals surface area contributed by atoms with E-state index in [1.165, 1.54) is 0 Å². The van der Waals surface area contributed by atoms with Gasteiger partial charge in [0.15, 0.2) is 11.5 Å². The van der Waals surface area contributed by atoms with Gasteiger partial charge in [0.2, 0.25) is 0 Å². The van der Waals surface area contributed by atoms with Crippen molar-refractivity contribution in [2.24, 2.45) is 0 Å². The molecule has 3 N–H and O–H groups in total. The van der Waals surface area contributed by atoms with Crippen LogP contribution in [0.1, 0.15) is 24.5 Å². The summed E-state index contributed by atoms with van der Waals surface area (Å²) in [6.45, 7) is 1.17. The number of aliphatic hydroxyl groups is 1. The van der Waals surface area contributed by atoms with Gasteiger partial charge < -0.3 is 25.0 Å². The van der Waals surface area contributed by atoms with Crippen LogP contribution in [0.2, 0.25) is 0 Å². The Kier molecular flexibility index (Phi) is 4.81. The quantitative estimate of drug-likeness (QED) is 0.744. The summed E-state index contributed by atoms with van der Waals surface area (Å²) in [6.07, 6.45) is -0.273. The van der Waals surface area contributed by atoms with Gasteiger partial charge in [0.25, 0.3) is 0 Å². The fraction of sp³-hybridized carbons (Fsp3) is 0.500. The van der Waals surface area contributed by atoms with Crippen molar-refractivity contribution in [3.63, 3.8) is 0 Å². The molecule has 0 radical (unpaired) electrons. The molecule has 0 saturated heterocycles. The van der Waals surface area contributed by atoms with Crippen molar-refractivity contribution in [3.8, 4) is 11.5 Å². The molecule has 0 saturated carbocycles. The first-order valence-corrected chi connectivity index (χ1v) is 6.58. The zero-order valence-corrected chi connectivity index (χ0v) is 11.3. The van der Waals surface area contributed by atoms with Crippen LogP contribution in [0, 0.1) is 0 Å². The molecule has 0 fully saturated rings. The zero-order valence-electron chi connectivity index (χ0n) is 11.3. The molecule has 2 rings (SSSR count). The molecule has 2 unspecified atom stereocenters. The first kappa shape index (κ1) is 14.6. The van der Waals surface area contributed by atoms with Gasteiger partial charge in [-0.05, 0) is 24.7 Å². The van der Waals surface area contributed by atoms with Gasteiger partial charge in [-0.3, -0.25) is 4.79 Å². The molecular formula is C14H19NO5. The maximum atomic E-state index is 10.8. The van der Waals surface area contributed by atoms with Gasteiger partial charge in [-0.2, -0.15) is 0 Å². The van der Waals surface area contributed by atoms with Crippen molar-refractivity contribution in [2.45, 2.75) is 25.0 Å². The molecule has 0 amide bonds. The van der Waals surface area contributed by atoms with Gasteiger partial charge in [0, 0.05) is 12.5 Å². The Hall–Kier alpha value is -1.79. The van der Waals surface area contributed by atoms with E-state index in [0.717, 1.165) is 6.42 Å². The maximum absolute atomic E-state index is 10.8. The average molecular weight is 281 g/mol. The molecule has 20 heavy (non-hydrogen) atoms. The minimum Gasteiger partial charge on any atom is -0.490 e. The lowest BCUT2D eigenvalue weighted by Gasteiger charge is -2.22. The second-order valence-electron chi connectivity index (χ2n) is 4.69. The fourth-order valence-electron chi connectivity index (χ4n) is 2.16. The number of aliphatic hydroxyl groups excluding tert-OH is 1. The summed E-state index contributed by atoms with van der Waals surface area (Å²) in [6, 6.07) is 4.62. The highest BCUT2D eigenvalue weighted by molar-refractivity contribution is 5.67. The van der Waals surface area contributed by atoms with Crippen molar-refractivity contribution < 1.29 is 24.5 Å². The predicted molar refractivity (Wildman–Crippen MR) is 72.1 cm³/mol. The Morgan fingerprint density at radius 3 is 2.70 bits per heavy atom. The third-order valence-electron chi connectivity index (χ3n) is 3.26. The van der Waals surface area contributed by atoms with Gasteiger partial charge in [-0.1, -0.05) is 6.07 Å². The van der Waals surface area contributed by atoms with Gasteiger partial charge in [0.05, 0.1) is 25.7 Å². The monoisotopic (exact) mass is 281 g/mol. The number of hydrogen-bond acceptors (Lipinski definition) is 5. The molecular weight excluding hydrogens is 262 g/mol. The smallest absolute Gasteiger partial charge is 0.305 e. The molecule has 1 heterocycles. The van der Waals surface area contributed by atoms with E-state index in [1.54, 1.807) is 25.2 Å². The number of ether oxygens (including phenoxy) is 2. The maximum Gasteiger partial charge on any atom is 0.305 e. The number of fused-ring (bicyclic) bond motifs is 1. The van der Waals surface area contributed by atoms with Crippen molar-refractivity contribution in [2.75, 3.05) is 20.3 Å². The molecule has 0 aliphatic carbocycles. The third kappa shape index (κ3) is 3.40. The molecule has 0 aromatic heterocycles. The lowest BCUT2D eigenvalue weighted by Crippen LogP contribution is -2.34. The number of carboxylic acids is 1. The SMILES string of the molecule is CNC(CC(=O)O)C(O)c1ccc2c(c1)OCCCO2. The van der Waals surface area contributed by atoms with Crippen LogP contribution in [0.25, 0.3) is 0 Å². The predicted octanol–water partition coefficient (Wildman–Crippen LogP) is 0.944. The van der Waals surface area contributed by atoms with E-state index in [0.29, 0.717) is 30.3 Å². The number of likely N-dealkylation sites (N-methyl/N-ethyl adjacent to an activating group) is 1. The van der Waals surface area contributed by atoms with Crippen LogP contribution in [-0.4, -0.2) is 42.5 Å². The number of nitrogens with one attached hydrogen (secondary N) is 1. The lowest BCUT2D eigenvalue weighted by atomic mass is 9.99. The van der Waals surface area contributed by atoms with Crippen molar-refractivity contribution in [3.05, 3.63) is 23.8 Å². The summed E-state index contributed by atoms with van der Waals surface area (Å²) in [4.78, 5) is 10.8. The van der Waals surface area contributed by atoms with E-state index >= 15 is 0 Å². The highest BCUT2D eigenvalue weighted by atomic mass is 16.5. The molecule has 2 atom stereocenters. The number of carbonyl (C=O) groups is 1. The summed E-state index contributed by atoms with van der Waals surface area (Å²) < 4.78 is 11.1. The number of aliphatic carboxylic acids is 1. The number of carboxylic acid groups (broad SMARTS) is 1. The molecule has 1 aromatic carbocycles. The molecule has 6 heteroatoms. The normalized spacial score (nSPS) is 17.1. The number of hydrogen-bond donors (Lipinski definition) is 3. The van der Waals surface area contributed by atoms with E-state index < -0.39 is 18.1 Å². The van der Waals surface area contributed by atoms with Crippen LogP contribution in [0.3, 0.4) is 0 Å². The Morgan fingerprint density at radius 1 is 1.35 bits per heavy atom.